The average Bonchev–Trinajstić information content (AvgIpc) is 3.35. The van der Waals surface area contributed by atoms with Crippen molar-refractivity contribution in [1.29, 1.82) is 0 Å². The molecular weight excluding hydrogens is 703 g/mol. The molecular formula is C40H45F5O6S. The van der Waals surface area contributed by atoms with Gasteiger partial charge in [-0.1, -0.05) is 56.4 Å². The van der Waals surface area contributed by atoms with Gasteiger partial charge in [-0.3, -0.25) is 0 Å². The van der Waals surface area contributed by atoms with Gasteiger partial charge in [0.25, 0.3) is 0 Å². The second-order valence-electron chi connectivity index (χ2n) is 16.9. The topological polar surface area (TPSA) is 93.1 Å². The van der Waals surface area contributed by atoms with E-state index in [9.17, 15) is 31.8 Å². The lowest BCUT2D eigenvalue weighted by atomic mass is 9.49. The molecule has 0 unspecified atom stereocenters. The quantitative estimate of drug-likeness (QED) is 0.190. The van der Waals surface area contributed by atoms with Crippen molar-refractivity contribution >= 4 is 9.84 Å². The molecule has 4 fully saturated rings. The first-order valence-corrected chi connectivity index (χ1v) is 19.8. The fourth-order valence-electron chi connectivity index (χ4n) is 10.1. The molecule has 6 nitrogen and oxygen atoms in total. The zero-order chi connectivity index (χ0) is 37.8. The van der Waals surface area contributed by atoms with E-state index in [1.165, 1.54) is 19.1 Å². The third-order valence-corrected chi connectivity index (χ3v) is 13.9. The van der Waals surface area contributed by atoms with Gasteiger partial charge in [-0.25, -0.2) is 8.42 Å². The van der Waals surface area contributed by atoms with Gasteiger partial charge in [-0.15, -0.1) is 0 Å². The number of halogens is 5. The number of ether oxygens (including phenoxy) is 2. The first-order chi connectivity index (χ1) is 24.0. The Kier molecular flexibility index (Phi) is 8.72. The fraction of sp³-hybridized carbons (Fsp3) is 0.600. The Morgan fingerprint density at radius 3 is 2.15 bits per heavy atom. The summed E-state index contributed by atoms with van der Waals surface area (Å²) in [6, 6.07) is 13.3. The Balaban J connectivity index is 1.29. The van der Waals surface area contributed by atoms with Crippen molar-refractivity contribution in [3.8, 4) is 11.8 Å². The van der Waals surface area contributed by atoms with Gasteiger partial charge < -0.3 is 19.7 Å². The number of fused-ring (bicyclic) bond motifs is 4. The maximum Gasteiger partial charge on any atom is 0.456 e. The average molecular weight is 749 g/mol. The Hall–Kier alpha value is -2.82. The van der Waals surface area contributed by atoms with E-state index in [1.54, 1.807) is 36.4 Å². The molecule has 3 saturated carbocycles. The molecule has 1 heterocycles. The van der Waals surface area contributed by atoms with Gasteiger partial charge >= 0.3 is 12.1 Å². The van der Waals surface area contributed by atoms with E-state index in [-0.39, 0.29) is 36.0 Å². The lowest BCUT2D eigenvalue weighted by molar-refractivity contribution is -0.362. The van der Waals surface area contributed by atoms with Crippen LogP contribution in [-0.2, 0) is 19.3 Å². The number of sulfone groups is 1. The summed E-state index contributed by atoms with van der Waals surface area (Å²) in [6.07, 6.45) is -3.96. The molecule has 282 valence electrons. The molecule has 1 aliphatic heterocycles. The third kappa shape index (κ3) is 5.94. The Bertz CT molecular complexity index is 1950. The molecule has 2 aromatic carbocycles. The van der Waals surface area contributed by atoms with E-state index < -0.39 is 68.5 Å². The van der Waals surface area contributed by atoms with Gasteiger partial charge in [0.2, 0.25) is 0 Å². The predicted molar refractivity (Wildman–Crippen MR) is 183 cm³/mol. The van der Waals surface area contributed by atoms with Crippen molar-refractivity contribution in [1.82, 2.24) is 0 Å². The van der Waals surface area contributed by atoms with E-state index in [0.717, 1.165) is 17.4 Å². The van der Waals surface area contributed by atoms with Gasteiger partial charge in [0.05, 0.1) is 23.7 Å². The van der Waals surface area contributed by atoms with Crippen molar-refractivity contribution in [2.45, 2.75) is 112 Å². The van der Waals surface area contributed by atoms with Crippen LogP contribution in [0.5, 0.6) is 0 Å². The highest BCUT2D eigenvalue weighted by molar-refractivity contribution is 7.90. The van der Waals surface area contributed by atoms with Crippen LogP contribution in [-0.4, -0.2) is 67.2 Å². The minimum Gasteiger partial charge on any atom is -0.385 e. The van der Waals surface area contributed by atoms with Gasteiger partial charge in [0, 0.05) is 47.0 Å². The van der Waals surface area contributed by atoms with Crippen LogP contribution in [0, 0.1) is 34.5 Å². The summed E-state index contributed by atoms with van der Waals surface area (Å²) in [7, 11) is -3.43. The second-order valence-corrected chi connectivity index (χ2v) is 18.9. The van der Waals surface area contributed by atoms with E-state index in [4.69, 9.17) is 9.47 Å². The van der Waals surface area contributed by atoms with Crippen molar-refractivity contribution in [3.63, 3.8) is 0 Å². The Morgan fingerprint density at radius 2 is 1.52 bits per heavy atom. The number of benzene rings is 2. The van der Waals surface area contributed by atoms with E-state index in [1.807, 2.05) is 13.8 Å². The highest BCUT2D eigenvalue weighted by Gasteiger charge is 2.79. The summed E-state index contributed by atoms with van der Waals surface area (Å²) in [5, 5.41) is 24.0. The summed E-state index contributed by atoms with van der Waals surface area (Å²) in [5.41, 5.74) is -3.21. The molecule has 52 heavy (non-hydrogen) atoms. The van der Waals surface area contributed by atoms with Gasteiger partial charge in [0.15, 0.2) is 15.6 Å². The highest BCUT2D eigenvalue weighted by Crippen LogP contribution is 2.71. The fourth-order valence-corrected chi connectivity index (χ4v) is 10.7. The minimum absolute atomic E-state index is 0.00552. The standard InChI is InChI=1S/C40H45F5O6S/c1-34(2)23-50-37(51-24-34)18-15-32-33-29(14-17-36(32,46)22-37)31-16-19-38(47,39(41,42)40(43,44)45)35(31,3)21-30(33)27-12-10-25(11-13-27)8-9-26-6-5-7-28(20-26)52(4,48)49/h5-7,10-13,20,29-31,46-47H,14-19,21-24H2,1-4H3/t29-,30+,31-,35-,36+,38-/m0/s1. The molecule has 2 aromatic rings. The molecule has 7 rings (SSSR count). The van der Waals surface area contributed by atoms with Gasteiger partial charge in [0.1, 0.15) is 5.60 Å². The normalized spacial score (nSPS) is 34.2. The van der Waals surface area contributed by atoms with Crippen molar-refractivity contribution < 1.29 is 50.1 Å². The smallest absolute Gasteiger partial charge is 0.385 e. The van der Waals surface area contributed by atoms with Crippen LogP contribution in [0.4, 0.5) is 22.0 Å². The molecule has 12 heteroatoms. The summed E-state index contributed by atoms with van der Waals surface area (Å²) in [4.78, 5) is 0.136. The molecule has 2 N–H and O–H groups in total. The number of hydrogen-bond acceptors (Lipinski definition) is 6. The monoisotopic (exact) mass is 748 g/mol. The zero-order valence-corrected chi connectivity index (χ0v) is 30.6. The number of hydrogen-bond donors (Lipinski definition) is 2. The van der Waals surface area contributed by atoms with Crippen LogP contribution in [0.2, 0.25) is 0 Å². The zero-order valence-electron chi connectivity index (χ0n) is 29.7. The number of alkyl halides is 5. The number of allylic oxidation sites excluding steroid dienone is 1. The maximum absolute atomic E-state index is 15.4. The first-order valence-electron chi connectivity index (χ1n) is 17.9. The van der Waals surface area contributed by atoms with Crippen LogP contribution in [0.3, 0.4) is 0 Å². The number of aliphatic hydroxyl groups is 2. The molecule has 0 aromatic heterocycles. The minimum atomic E-state index is -5.94. The second kappa shape index (κ2) is 12.1. The molecule has 4 aliphatic carbocycles. The summed E-state index contributed by atoms with van der Waals surface area (Å²) in [5.74, 6) is -2.04. The molecule has 6 atom stereocenters. The molecule has 5 aliphatic rings. The largest absolute Gasteiger partial charge is 0.456 e. The van der Waals surface area contributed by atoms with Gasteiger partial charge in [-0.2, -0.15) is 22.0 Å². The summed E-state index contributed by atoms with van der Waals surface area (Å²) in [6.45, 7) is 6.40. The van der Waals surface area contributed by atoms with E-state index in [0.29, 0.717) is 49.2 Å². The van der Waals surface area contributed by atoms with Gasteiger partial charge in [-0.05, 0) is 91.8 Å². The molecule has 1 spiro atoms. The van der Waals surface area contributed by atoms with Crippen LogP contribution >= 0.6 is 0 Å². The van der Waals surface area contributed by atoms with Crippen LogP contribution in [0.15, 0.2) is 64.6 Å². The summed E-state index contributed by atoms with van der Waals surface area (Å²) < 4.78 is 109. The van der Waals surface area contributed by atoms with Crippen LogP contribution < -0.4 is 0 Å². The number of rotatable bonds is 3. The Labute approximate surface area is 301 Å². The van der Waals surface area contributed by atoms with E-state index in [2.05, 4.69) is 11.8 Å². The third-order valence-electron chi connectivity index (χ3n) is 12.8. The van der Waals surface area contributed by atoms with Crippen LogP contribution in [0.1, 0.15) is 94.7 Å². The molecule has 1 saturated heterocycles. The van der Waals surface area contributed by atoms with Crippen molar-refractivity contribution in [2.75, 3.05) is 19.5 Å². The summed E-state index contributed by atoms with van der Waals surface area (Å²) >= 11 is 0. The lowest BCUT2D eigenvalue weighted by Crippen LogP contribution is -2.65. The van der Waals surface area contributed by atoms with Crippen molar-refractivity contribution in [2.24, 2.45) is 22.7 Å². The van der Waals surface area contributed by atoms with Crippen LogP contribution in [0.25, 0.3) is 0 Å². The molecule has 0 radical (unpaired) electrons. The first kappa shape index (κ1) is 37.5. The van der Waals surface area contributed by atoms with E-state index >= 15 is 8.78 Å². The lowest BCUT2D eigenvalue weighted by Gasteiger charge is -2.59. The molecule has 0 bridgehead atoms. The SMILES string of the molecule is CC1(C)COC2(CCC3=C4[C@@H](CC[C@@]3(O)C2)[C@@H]2CC[C@@](O)(C(F)(F)C(F)(F)F)[C@@]2(C)C[C@@H]4c2ccc(C#Cc3cccc(S(C)(=O)=O)c3)cc2)OC1. The maximum atomic E-state index is 15.4. The highest BCUT2D eigenvalue weighted by atomic mass is 32.2. The van der Waals surface area contributed by atoms with Crippen molar-refractivity contribution in [3.05, 3.63) is 76.4 Å². The Morgan fingerprint density at radius 1 is 0.865 bits per heavy atom. The predicted octanol–water partition coefficient (Wildman–Crippen LogP) is 7.71. The molecule has 0 amide bonds.